The average molecular weight is 353 g/mol. The Morgan fingerprint density at radius 2 is 1.92 bits per heavy atom. The van der Waals surface area contributed by atoms with Crippen LogP contribution in [-0.4, -0.2) is 49.0 Å². The molecule has 7 nitrogen and oxygen atoms in total. The van der Waals surface area contributed by atoms with Crippen molar-refractivity contribution in [2.45, 2.75) is 37.1 Å². The summed E-state index contributed by atoms with van der Waals surface area (Å²) in [6.07, 6.45) is 1.71. The Labute approximate surface area is 140 Å². The van der Waals surface area contributed by atoms with E-state index in [-0.39, 0.29) is 11.8 Å². The highest BCUT2D eigenvalue weighted by Gasteiger charge is 2.53. The van der Waals surface area contributed by atoms with E-state index in [1.165, 1.54) is 23.5 Å². The number of ether oxygens (including phenoxy) is 1. The van der Waals surface area contributed by atoms with Gasteiger partial charge in [0.15, 0.2) is 0 Å². The number of carboxylic acids is 1. The summed E-state index contributed by atoms with van der Waals surface area (Å²) in [7, 11) is -2.32. The topological polar surface area (TPSA) is 101 Å². The van der Waals surface area contributed by atoms with Crippen LogP contribution in [0.25, 0.3) is 0 Å². The normalized spacial score (nSPS) is 26.5. The Morgan fingerprint density at radius 3 is 2.46 bits per heavy atom. The van der Waals surface area contributed by atoms with Gasteiger partial charge < -0.3 is 9.84 Å². The van der Waals surface area contributed by atoms with E-state index < -0.39 is 33.9 Å². The van der Waals surface area contributed by atoms with Crippen LogP contribution in [0.4, 0.5) is 0 Å². The molecule has 2 aliphatic heterocycles. The molecule has 0 spiro atoms. The molecule has 0 saturated carbocycles. The molecule has 2 saturated heterocycles. The molecule has 3 rings (SSSR count). The Balaban J connectivity index is 1.77. The van der Waals surface area contributed by atoms with E-state index >= 15 is 0 Å². The molecule has 0 amide bonds. The van der Waals surface area contributed by atoms with Crippen LogP contribution in [0.3, 0.4) is 0 Å². The third kappa shape index (κ3) is 2.91. The van der Waals surface area contributed by atoms with Crippen molar-refractivity contribution in [3.8, 4) is 0 Å². The van der Waals surface area contributed by atoms with E-state index in [9.17, 15) is 23.1 Å². The number of benzene rings is 1. The lowest BCUT2D eigenvalue weighted by atomic mass is 9.89. The van der Waals surface area contributed by atoms with Crippen LogP contribution in [0.2, 0.25) is 0 Å². The molecule has 2 bridgehead atoms. The van der Waals surface area contributed by atoms with Crippen molar-refractivity contribution in [1.29, 1.82) is 0 Å². The van der Waals surface area contributed by atoms with Gasteiger partial charge in [0.2, 0.25) is 10.0 Å². The van der Waals surface area contributed by atoms with Crippen molar-refractivity contribution in [3.63, 3.8) is 0 Å². The molecule has 1 aromatic carbocycles. The van der Waals surface area contributed by atoms with Gasteiger partial charge in [0.25, 0.3) is 0 Å². The first kappa shape index (κ1) is 16.9. The SMILES string of the molecule is COC(=O)c1ccc(CS(=O)(=O)N2C3CCC2C(C(=O)O)C3)cc1. The predicted octanol–water partition coefficient (Wildman–Crippen LogP) is 1.24. The molecule has 3 atom stereocenters. The van der Waals surface area contributed by atoms with Crippen LogP contribution < -0.4 is 0 Å². The molecule has 1 aromatic rings. The van der Waals surface area contributed by atoms with E-state index in [2.05, 4.69) is 4.74 Å². The van der Waals surface area contributed by atoms with E-state index in [1.807, 2.05) is 0 Å². The first-order chi connectivity index (χ1) is 11.3. The van der Waals surface area contributed by atoms with Crippen LogP contribution in [0, 0.1) is 5.92 Å². The van der Waals surface area contributed by atoms with Gasteiger partial charge >= 0.3 is 11.9 Å². The minimum Gasteiger partial charge on any atom is -0.481 e. The number of carboxylic acid groups (broad SMARTS) is 1. The summed E-state index contributed by atoms with van der Waals surface area (Å²) in [6.45, 7) is 0. The number of carbonyl (C=O) groups excluding carboxylic acids is 1. The van der Waals surface area contributed by atoms with Gasteiger partial charge in [0, 0.05) is 12.1 Å². The number of hydrogen-bond acceptors (Lipinski definition) is 5. The lowest BCUT2D eigenvalue weighted by Gasteiger charge is -2.22. The number of sulfonamides is 1. The van der Waals surface area contributed by atoms with Crippen molar-refractivity contribution >= 4 is 22.0 Å². The summed E-state index contributed by atoms with van der Waals surface area (Å²) in [5, 5.41) is 9.25. The van der Waals surface area contributed by atoms with Gasteiger partial charge in [0.1, 0.15) is 0 Å². The number of nitrogens with zero attached hydrogens (tertiary/aromatic N) is 1. The quantitative estimate of drug-likeness (QED) is 0.799. The average Bonchev–Trinajstić information content (AvgIpc) is 3.13. The Kier molecular flexibility index (Phi) is 4.35. The second-order valence-electron chi connectivity index (χ2n) is 6.25. The molecule has 3 unspecified atom stereocenters. The lowest BCUT2D eigenvalue weighted by molar-refractivity contribution is -0.142. The van der Waals surface area contributed by atoms with E-state index in [4.69, 9.17) is 0 Å². The van der Waals surface area contributed by atoms with E-state index in [1.54, 1.807) is 12.1 Å². The summed E-state index contributed by atoms with van der Waals surface area (Å²) in [5.41, 5.74) is 0.909. The fourth-order valence-corrected chi connectivity index (χ4v) is 5.85. The maximum Gasteiger partial charge on any atom is 0.337 e. The maximum atomic E-state index is 12.7. The molecule has 0 radical (unpaired) electrons. The van der Waals surface area contributed by atoms with Crippen LogP contribution in [0.1, 0.15) is 35.2 Å². The zero-order valence-electron chi connectivity index (χ0n) is 13.2. The first-order valence-corrected chi connectivity index (χ1v) is 9.35. The third-order valence-electron chi connectivity index (χ3n) is 4.84. The number of aliphatic carboxylic acids is 1. The second-order valence-corrected chi connectivity index (χ2v) is 8.13. The molecule has 0 aromatic heterocycles. The van der Waals surface area contributed by atoms with E-state index in [0.717, 1.165) is 6.42 Å². The van der Waals surface area contributed by atoms with Crippen LogP contribution in [0.5, 0.6) is 0 Å². The Hall–Kier alpha value is -1.93. The maximum absolute atomic E-state index is 12.7. The predicted molar refractivity (Wildman–Crippen MR) is 84.8 cm³/mol. The van der Waals surface area contributed by atoms with Gasteiger partial charge in [-0.2, -0.15) is 4.31 Å². The summed E-state index contributed by atoms with van der Waals surface area (Å²) >= 11 is 0. The highest BCUT2D eigenvalue weighted by atomic mass is 32.2. The molecule has 1 N–H and O–H groups in total. The van der Waals surface area contributed by atoms with Gasteiger partial charge in [-0.25, -0.2) is 13.2 Å². The van der Waals surface area contributed by atoms with E-state index in [0.29, 0.717) is 24.0 Å². The summed E-state index contributed by atoms with van der Waals surface area (Å²) < 4.78 is 31.5. The fourth-order valence-electron chi connectivity index (χ4n) is 3.78. The van der Waals surface area contributed by atoms with Gasteiger partial charge in [-0.05, 0) is 37.0 Å². The monoisotopic (exact) mass is 353 g/mol. The summed E-state index contributed by atoms with van der Waals surface area (Å²) in [4.78, 5) is 22.7. The van der Waals surface area contributed by atoms with Crippen molar-refractivity contribution in [2.24, 2.45) is 5.92 Å². The molecule has 130 valence electrons. The molecular weight excluding hydrogens is 334 g/mol. The molecule has 8 heteroatoms. The van der Waals surface area contributed by atoms with Gasteiger partial charge in [0.05, 0.1) is 24.3 Å². The summed E-state index contributed by atoms with van der Waals surface area (Å²) in [6, 6.07) is 5.56. The van der Waals surface area contributed by atoms with Gasteiger partial charge in [-0.1, -0.05) is 12.1 Å². The van der Waals surface area contributed by atoms with Crippen LogP contribution in [-0.2, 0) is 25.3 Å². The zero-order valence-corrected chi connectivity index (χ0v) is 14.0. The number of fused-ring (bicyclic) bond motifs is 2. The molecule has 2 fully saturated rings. The fraction of sp³-hybridized carbons (Fsp3) is 0.500. The molecule has 0 aliphatic carbocycles. The van der Waals surface area contributed by atoms with Crippen molar-refractivity contribution in [1.82, 2.24) is 4.31 Å². The summed E-state index contributed by atoms with van der Waals surface area (Å²) in [5.74, 6) is -2.22. The Bertz CT molecular complexity index is 757. The highest BCUT2D eigenvalue weighted by Crippen LogP contribution is 2.44. The minimum atomic E-state index is -3.60. The highest BCUT2D eigenvalue weighted by molar-refractivity contribution is 7.88. The largest absolute Gasteiger partial charge is 0.481 e. The molecular formula is C16H19NO6S. The number of esters is 1. The van der Waals surface area contributed by atoms with Gasteiger partial charge in [-0.15, -0.1) is 0 Å². The third-order valence-corrected chi connectivity index (χ3v) is 6.74. The smallest absolute Gasteiger partial charge is 0.337 e. The van der Waals surface area contributed by atoms with Crippen molar-refractivity contribution in [2.75, 3.05) is 7.11 Å². The number of hydrogen-bond donors (Lipinski definition) is 1. The minimum absolute atomic E-state index is 0.201. The number of rotatable bonds is 5. The second kappa shape index (κ2) is 6.18. The number of carbonyl (C=O) groups is 2. The van der Waals surface area contributed by atoms with Crippen molar-refractivity contribution in [3.05, 3.63) is 35.4 Å². The van der Waals surface area contributed by atoms with Crippen LogP contribution in [0.15, 0.2) is 24.3 Å². The molecule has 2 heterocycles. The Morgan fingerprint density at radius 1 is 1.25 bits per heavy atom. The standard InChI is InChI=1S/C16H19NO6S/c1-23-16(20)11-4-2-10(3-5-11)9-24(21,22)17-12-6-7-14(17)13(8-12)15(18)19/h2-5,12-14H,6-9H2,1H3,(H,18,19). The van der Waals surface area contributed by atoms with Gasteiger partial charge in [-0.3, -0.25) is 4.79 Å². The number of methoxy groups -OCH3 is 1. The van der Waals surface area contributed by atoms with Crippen LogP contribution >= 0.6 is 0 Å². The molecule has 24 heavy (non-hydrogen) atoms. The first-order valence-electron chi connectivity index (χ1n) is 7.75. The van der Waals surface area contributed by atoms with Crippen molar-refractivity contribution < 1.29 is 27.9 Å². The molecule has 2 aliphatic rings. The lowest BCUT2D eigenvalue weighted by Crippen LogP contribution is -2.38. The zero-order chi connectivity index (χ0) is 17.5.